The molecule has 0 saturated carbocycles. The van der Waals surface area contributed by atoms with Crippen molar-refractivity contribution in [3.63, 3.8) is 0 Å². The van der Waals surface area contributed by atoms with Gasteiger partial charge >= 0.3 is 0 Å². The maximum Gasteiger partial charge on any atom is 0.148 e. The van der Waals surface area contributed by atoms with Gasteiger partial charge in [-0.25, -0.2) is 4.98 Å². The topological polar surface area (TPSA) is 72.9 Å². The molecule has 0 aliphatic rings. The molecule has 0 unspecified atom stereocenters. The molecule has 0 spiro atoms. The van der Waals surface area contributed by atoms with Crippen LogP contribution in [0.25, 0.3) is 22.4 Å². The molecule has 6 nitrogen and oxygen atoms in total. The fourth-order valence-electron chi connectivity index (χ4n) is 2.09. The van der Waals surface area contributed by atoms with Crippen molar-refractivity contribution in [2.75, 3.05) is 13.2 Å². The Hall–Kier alpha value is -3.33. The van der Waals surface area contributed by atoms with Crippen LogP contribution in [-0.4, -0.2) is 33.4 Å². The molecule has 0 aliphatic heterocycles. The second-order valence-electron chi connectivity index (χ2n) is 4.62. The summed E-state index contributed by atoms with van der Waals surface area (Å²) in [5.41, 5.74) is 2.30. The van der Waals surface area contributed by atoms with Gasteiger partial charge in [0.1, 0.15) is 36.1 Å². The lowest BCUT2D eigenvalue weighted by atomic mass is 10.2. The van der Waals surface area contributed by atoms with Gasteiger partial charge in [-0.05, 0) is 12.1 Å². The van der Waals surface area contributed by atoms with Crippen LogP contribution < -0.4 is 9.47 Å². The van der Waals surface area contributed by atoms with Crippen LogP contribution in [0.15, 0.2) is 43.2 Å². The third-order valence-electron chi connectivity index (χ3n) is 3.08. The summed E-state index contributed by atoms with van der Waals surface area (Å²) in [5.74, 6) is 4.36. The van der Waals surface area contributed by atoms with E-state index in [1.165, 1.54) is 0 Å². The summed E-state index contributed by atoms with van der Waals surface area (Å²) in [6.07, 6.45) is 10.2. The highest BCUT2D eigenvalue weighted by Gasteiger charge is 2.13. The number of rotatable bonds is 6. The molecule has 6 heteroatoms. The first-order valence-electron chi connectivity index (χ1n) is 6.92. The Morgan fingerprint density at radius 1 is 1.26 bits per heavy atom. The van der Waals surface area contributed by atoms with Gasteiger partial charge in [-0.15, -0.1) is 6.42 Å². The van der Waals surface area contributed by atoms with Crippen molar-refractivity contribution in [2.45, 2.75) is 0 Å². The van der Waals surface area contributed by atoms with Gasteiger partial charge in [0.25, 0.3) is 0 Å². The first-order valence-corrected chi connectivity index (χ1v) is 6.92. The minimum absolute atomic E-state index is 0.154. The predicted molar refractivity (Wildman–Crippen MR) is 87.1 cm³/mol. The lowest BCUT2D eigenvalue weighted by molar-refractivity contribution is 0.349. The lowest BCUT2D eigenvalue weighted by Gasteiger charge is -2.10. The summed E-state index contributed by atoms with van der Waals surface area (Å²) in [4.78, 5) is 7.69. The lowest BCUT2D eigenvalue weighted by Crippen LogP contribution is -1.99. The quantitative estimate of drug-likeness (QED) is 0.560. The summed E-state index contributed by atoms with van der Waals surface area (Å²) in [5, 5.41) is 7.65. The van der Waals surface area contributed by atoms with Gasteiger partial charge in [-0.3, -0.25) is 0 Å². The molecule has 0 radical (unpaired) electrons. The Morgan fingerprint density at radius 2 is 2.13 bits per heavy atom. The standard InChI is InChI=1S/C17H14N4O2/c1-3-7-22-12-5-6-13(16(9-12)23-8-4-2)17-20-14-10-18-19-11-15(14)21-17/h2-3,5-6,9-11H,1,7-8H2,(H,20,21). The van der Waals surface area contributed by atoms with Crippen LogP contribution in [0, 0.1) is 12.3 Å². The molecule has 2 aromatic heterocycles. The van der Waals surface area contributed by atoms with Crippen molar-refractivity contribution in [3.05, 3.63) is 43.2 Å². The van der Waals surface area contributed by atoms with Crippen molar-refractivity contribution < 1.29 is 9.47 Å². The molecule has 1 N–H and O–H groups in total. The summed E-state index contributed by atoms with van der Waals surface area (Å²) in [7, 11) is 0. The molecule has 0 amide bonds. The average Bonchev–Trinajstić information content (AvgIpc) is 3.02. The zero-order chi connectivity index (χ0) is 16.1. The van der Waals surface area contributed by atoms with Gasteiger partial charge in [0.05, 0.1) is 23.5 Å². The first kappa shape index (κ1) is 14.6. The molecule has 0 saturated heterocycles. The van der Waals surface area contributed by atoms with E-state index in [0.29, 0.717) is 23.9 Å². The number of terminal acetylenes is 1. The highest BCUT2D eigenvalue weighted by atomic mass is 16.5. The number of aromatic amines is 1. The second-order valence-corrected chi connectivity index (χ2v) is 4.62. The number of fused-ring (bicyclic) bond motifs is 1. The minimum atomic E-state index is 0.154. The van der Waals surface area contributed by atoms with Gasteiger partial charge < -0.3 is 14.5 Å². The van der Waals surface area contributed by atoms with Crippen LogP contribution in [0.4, 0.5) is 0 Å². The van der Waals surface area contributed by atoms with Crippen LogP contribution >= 0.6 is 0 Å². The highest BCUT2D eigenvalue weighted by molar-refractivity contribution is 5.79. The molecule has 114 valence electrons. The van der Waals surface area contributed by atoms with Gasteiger partial charge in [0.15, 0.2) is 0 Å². The number of ether oxygens (including phenoxy) is 2. The van der Waals surface area contributed by atoms with E-state index >= 15 is 0 Å². The second kappa shape index (κ2) is 6.62. The summed E-state index contributed by atoms with van der Waals surface area (Å²) in [6, 6.07) is 5.48. The smallest absolute Gasteiger partial charge is 0.148 e. The minimum Gasteiger partial charge on any atom is -0.489 e. The Kier molecular flexibility index (Phi) is 4.20. The van der Waals surface area contributed by atoms with E-state index in [-0.39, 0.29) is 6.61 Å². The van der Waals surface area contributed by atoms with Gasteiger partial charge in [-0.1, -0.05) is 18.6 Å². The molecule has 0 atom stereocenters. The maximum absolute atomic E-state index is 5.62. The maximum atomic E-state index is 5.62. The number of nitrogens with one attached hydrogen (secondary N) is 1. The molecule has 3 rings (SSSR count). The Labute approximate surface area is 133 Å². The SMILES string of the molecule is C#CCOc1cc(OCC=C)ccc1-c1nc2cnncc2[nH]1. The Bertz CT molecular complexity index is 847. The van der Waals surface area contributed by atoms with E-state index in [1.54, 1.807) is 24.5 Å². The van der Waals surface area contributed by atoms with Gasteiger partial charge in [0, 0.05) is 6.07 Å². The Morgan fingerprint density at radius 3 is 2.91 bits per heavy atom. The zero-order valence-electron chi connectivity index (χ0n) is 12.3. The largest absolute Gasteiger partial charge is 0.489 e. The van der Waals surface area contributed by atoms with E-state index in [1.807, 2.05) is 12.1 Å². The average molecular weight is 306 g/mol. The van der Waals surface area contributed by atoms with Crippen molar-refractivity contribution in [3.8, 4) is 35.2 Å². The molecule has 2 heterocycles. The van der Waals surface area contributed by atoms with Crippen LogP contribution in [0.2, 0.25) is 0 Å². The number of hydrogen-bond acceptors (Lipinski definition) is 5. The number of hydrogen-bond donors (Lipinski definition) is 1. The zero-order valence-corrected chi connectivity index (χ0v) is 12.3. The van der Waals surface area contributed by atoms with Crippen molar-refractivity contribution in [1.82, 2.24) is 20.2 Å². The van der Waals surface area contributed by atoms with Gasteiger partial charge in [-0.2, -0.15) is 10.2 Å². The van der Waals surface area contributed by atoms with Crippen LogP contribution in [0.3, 0.4) is 0 Å². The predicted octanol–water partition coefficient (Wildman–Crippen LogP) is 2.60. The molecule has 0 bridgehead atoms. The fourth-order valence-corrected chi connectivity index (χ4v) is 2.09. The van der Waals surface area contributed by atoms with Crippen molar-refractivity contribution in [2.24, 2.45) is 0 Å². The fraction of sp³-hybridized carbons (Fsp3) is 0.118. The third-order valence-corrected chi connectivity index (χ3v) is 3.08. The molecular weight excluding hydrogens is 292 g/mol. The van der Waals surface area contributed by atoms with E-state index in [9.17, 15) is 0 Å². The van der Waals surface area contributed by atoms with Crippen molar-refractivity contribution >= 4 is 11.0 Å². The van der Waals surface area contributed by atoms with Gasteiger partial charge in [0.2, 0.25) is 0 Å². The van der Waals surface area contributed by atoms with E-state index < -0.39 is 0 Å². The van der Waals surface area contributed by atoms with Crippen LogP contribution in [0.5, 0.6) is 11.5 Å². The molecule has 0 fully saturated rings. The number of aromatic nitrogens is 4. The van der Waals surface area contributed by atoms with E-state index in [0.717, 1.165) is 16.6 Å². The Balaban J connectivity index is 2.02. The molecule has 23 heavy (non-hydrogen) atoms. The molecule has 1 aromatic carbocycles. The molecule has 3 aromatic rings. The highest BCUT2D eigenvalue weighted by Crippen LogP contribution is 2.32. The van der Waals surface area contributed by atoms with Crippen LogP contribution in [-0.2, 0) is 0 Å². The van der Waals surface area contributed by atoms with E-state index in [2.05, 4.69) is 32.7 Å². The summed E-state index contributed by atoms with van der Waals surface area (Å²) >= 11 is 0. The first-order chi connectivity index (χ1) is 11.3. The summed E-state index contributed by atoms with van der Waals surface area (Å²) < 4.78 is 11.1. The van der Waals surface area contributed by atoms with E-state index in [4.69, 9.17) is 15.9 Å². The number of benzene rings is 1. The van der Waals surface area contributed by atoms with Crippen LogP contribution in [0.1, 0.15) is 0 Å². The molecule has 0 aliphatic carbocycles. The normalized spacial score (nSPS) is 10.2. The third kappa shape index (κ3) is 3.14. The summed E-state index contributed by atoms with van der Waals surface area (Å²) in [6.45, 7) is 4.19. The monoisotopic (exact) mass is 306 g/mol. The number of H-pyrrole nitrogens is 1. The number of nitrogens with zero attached hydrogens (tertiary/aromatic N) is 3. The number of imidazole rings is 1. The molecular formula is C17H14N4O2. The van der Waals surface area contributed by atoms with Crippen molar-refractivity contribution in [1.29, 1.82) is 0 Å².